The van der Waals surface area contributed by atoms with E-state index in [1.807, 2.05) is 67.6 Å². The van der Waals surface area contributed by atoms with Gasteiger partial charge in [-0.05, 0) is 30.9 Å². The summed E-state index contributed by atoms with van der Waals surface area (Å²) in [6, 6.07) is 20.1. The Morgan fingerprint density at radius 2 is 1.73 bits per heavy atom. The molecule has 1 aliphatic rings. The zero-order chi connectivity index (χ0) is 18.2. The van der Waals surface area contributed by atoms with Crippen LogP contribution >= 0.6 is 0 Å². The summed E-state index contributed by atoms with van der Waals surface area (Å²) in [5.41, 5.74) is 1.54. The van der Waals surface area contributed by atoms with Crippen molar-refractivity contribution in [2.24, 2.45) is 0 Å². The third-order valence-electron chi connectivity index (χ3n) is 4.89. The standard InChI is InChI=1S/C22H27NO3/c1-22(18-9-4-2-5-10-18,19-11-6-3-7-12-19)23-21(24)14-16-25-17-20-13-8-15-26-20/h2-7,9-12,20H,8,13-17H2,1H3,(H,23,24). The molecule has 2 aromatic rings. The van der Waals surface area contributed by atoms with Crippen LogP contribution in [0.1, 0.15) is 37.3 Å². The Morgan fingerprint density at radius 1 is 1.12 bits per heavy atom. The van der Waals surface area contributed by atoms with Crippen LogP contribution in [-0.2, 0) is 19.8 Å². The van der Waals surface area contributed by atoms with Gasteiger partial charge < -0.3 is 14.8 Å². The Morgan fingerprint density at radius 3 is 2.27 bits per heavy atom. The number of amides is 1. The maximum atomic E-state index is 12.6. The van der Waals surface area contributed by atoms with Crippen molar-refractivity contribution in [3.8, 4) is 0 Å². The number of rotatable bonds is 8. The van der Waals surface area contributed by atoms with E-state index < -0.39 is 5.54 Å². The summed E-state index contributed by atoms with van der Waals surface area (Å²) in [5, 5.41) is 3.20. The van der Waals surface area contributed by atoms with Crippen LogP contribution in [0.2, 0.25) is 0 Å². The molecule has 1 fully saturated rings. The molecule has 1 saturated heterocycles. The summed E-state index contributed by atoms with van der Waals surface area (Å²) in [6.45, 7) is 3.84. The number of carbonyl (C=O) groups excluding carboxylic acids is 1. The van der Waals surface area contributed by atoms with Crippen molar-refractivity contribution in [3.05, 3.63) is 71.8 Å². The molecule has 1 aliphatic heterocycles. The van der Waals surface area contributed by atoms with Gasteiger partial charge in [-0.15, -0.1) is 0 Å². The molecule has 1 N–H and O–H groups in total. The molecule has 138 valence electrons. The molecule has 0 saturated carbocycles. The molecule has 1 amide bonds. The Kier molecular flexibility index (Phi) is 6.42. The van der Waals surface area contributed by atoms with Crippen molar-refractivity contribution in [3.63, 3.8) is 0 Å². The summed E-state index contributed by atoms with van der Waals surface area (Å²) in [7, 11) is 0. The van der Waals surface area contributed by atoms with E-state index in [0.29, 0.717) is 19.6 Å². The van der Waals surface area contributed by atoms with E-state index in [1.54, 1.807) is 0 Å². The van der Waals surface area contributed by atoms with Crippen molar-refractivity contribution >= 4 is 5.91 Å². The van der Waals surface area contributed by atoms with Crippen LogP contribution in [0.3, 0.4) is 0 Å². The molecule has 1 unspecified atom stereocenters. The molecule has 0 aliphatic carbocycles. The van der Waals surface area contributed by atoms with Crippen LogP contribution < -0.4 is 5.32 Å². The summed E-state index contributed by atoms with van der Waals surface area (Å²) in [5.74, 6) is -0.0208. The summed E-state index contributed by atoms with van der Waals surface area (Å²) < 4.78 is 11.2. The minimum atomic E-state index is -0.575. The predicted octanol–water partition coefficient (Wildman–Crippen LogP) is 3.65. The number of benzene rings is 2. The van der Waals surface area contributed by atoms with Crippen LogP contribution in [-0.4, -0.2) is 31.8 Å². The van der Waals surface area contributed by atoms with Crippen molar-refractivity contribution in [1.82, 2.24) is 5.32 Å². The fourth-order valence-corrected chi connectivity index (χ4v) is 3.35. The number of hydrogen-bond acceptors (Lipinski definition) is 3. The number of nitrogens with one attached hydrogen (secondary N) is 1. The maximum Gasteiger partial charge on any atom is 0.223 e. The highest BCUT2D eigenvalue weighted by atomic mass is 16.5. The lowest BCUT2D eigenvalue weighted by Crippen LogP contribution is -2.44. The minimum Gasteiger partial charge on any atom is -0.378 e. The second kappa shape index (κ2) is 8.97. The third-order valence-corrected chi connectivity index (χ3v) is 4.89. The van der Waals surface area contributed by atoms with Crippen LogP contribution in [0, 0.1) is 0 Å². The topological polar surface area (TPSA) is 47.6 Å². The second-order valence-electron chi connectivity index (χ2n) is 6.87. The third kappa shape index (κ3) is 4.71. The first kappa shape index (κ1) is 18.6. The predicted molar refractivity (Wildman–Crippen MR) is 102 cm³/mol. The molecular formula is C22H27NO3. The molecular weight excluding hydrogens is 326 g/mol. The normalized spacial score (nSPS) is 17.2. The largest absolute Gasteiger partial charge is 0.378 e. The highest BCUT2D eigenvalue weighted by Gasteiger charge is 2.30. The quantitative estimate of drug-likeness (QED) is 0.737. The number of ether oxygens (including phenoxy) is 2. The Labute approximate surface area is 155 Å². The van der Waals surface area contributed by atoms with Gasteiger partial charge in [-0.25, -0.2) is 0 Å². The Bertz CT molecular complexity index is 642. The number of hydrogen-bond donors (Lipinski definition) is 1. The molecule has 4 nitrogen and oxygen atoms in total. The Balaban J connectivity index is 1.61. The highest BCUT2D eigenvalue weighted by molar-refractivity contribution is 5.77. The van der Waals surface area contributed by atoms with Crippen LogP contribution in [0.4, 0.5) is 0 Å². The number of carbonyl (C=O) groups is 1. The smallest absolute Gasteiger partial charge is 0.223 e. The van der Waals surface area contributed by atoms with Crippen LogP contribution in [0.25, 0.3) is 0 Å². The van der Waals surface area contributed by atoms with E-state index in [0.717, 1.165) is 30.6 Å². The fraction of sp³-hybridized carbons (Fsp3) is 0.409. The SMILES string of the molecule is CC(NC(=O)CCOCC1CCCO1)(c1ccccc1)c1ccccc1. The molecule has 0 aromatic heterocycles. The van der Waals surface area contributed by atoms with Crippen molar-refractivity contribution in [2.45, 2.75) is 37.8 Å². The van der Waals surface area contributed by atoms with E-state index >= 15 is 0 Å². The maximum absolute atomic E-state index is 12.6. The van der Waals surface area contributed by atoms with Gasteiger partial charge in [0.2, 0.25) is 5.91 Å². The molecule has 0 spiro atoms. The van der Waals surface area contributed by atoms with Crippen molar-refractivity contribution in [2.75, 3.05) is 19.8 Å². The summed E-state index contributed by atoms with van der Waals surface area (Å²) >= 11 is 0. The van der Waals surface area contributed by atoms with Crippen molar-refractivity contribution < 1.29 is 14.3 Å². The van der Waals surface area contributed by atoms with Gasteiger partial charge in [-0.1, -0.05) is 60.7 Å². The average Bonchev–Trinajstić information content (AvgIpc) is 3.20. The van der Waals surface area contributed by atoms with Gasteiger partial charge in [-0.3, -0.25) is 4.79 Å². The highest BCUT2D eigenvalue weighted by Crippen LogP contribution is 2.29. The van der Waals surface area contributed by atoms with Crippen molar-refractivity contribution in [1.29, 1.82) is 0 Å². The van der Waals surface area contributed by atoms with E-state index in [1.165, 1.54) is 0 Å². The van der Waals surface area contributed by atoms with Gasteiger partial charge in [0.1, 0.15) is 0 Å². The second-order valence-corrected chi connectivity index (χ2v) is 6.87. The van der Waals surface area contributed by atoms with Gasteiger partial charge in [0.15, 0.2) is 0 Å². The molecule has 1 heterocycles. The van der Waals surface area contributed by atoms with Crippen LogP contribution in [0.15, 0.2) is 60.7 Å². The lowest BCUT2D eigenvalue weighted by Gasteiger charge is -2.32. The molecule has 26 heavy (non-hydrogen) atoms. The molecule has 2 aromatic carbocycles. The first-order valence-corrected chi connectivity index (χ1v) is 9.30. The van der Waals surface area contributed by atoms with Crippen LogP contribution in [0.5, 0.6) is 0 Å². The van der Waals surface area contributed by atoms with Gasteiger partial charge in [0.25, 0.3) is 0 Å². The van der Waals surface area contributed by atoms with Gasteiger partial charge in [-0.2, -0.15) is 0 Å². The Hall–Kier alpha value is -2.17. The van der Waals surface area contributed by atoms with E-state index in [-0.39, 0.29) is 12.0 Å². The van der Waals surface area contributed by atoms with E-state index in [9.17, 15) is 4.79 Å². The lowest BCUT2D eigenvalue weighted by molar-refractivity contribution is -0.124. The first-order valence-electron chi connectivity index (χ1n) is 9.30. The zero-order valence-electron chi connectivity index (χ0n) is 15.3. The molecule has 0 radical (unpaired) electrons. The van der Waals surface area contributed by atoms with Gasteiger partial charge >= 0.3 is 0 Å². The molecule has 4 heteroatoms. The summed E-state index contributed by atoms with van der Waals surface area (Å²) in [6.07, 6.45) is 2.67. The first-order chi connectivity index (χ1) is 12.7. The van der Waals surface area contributed by atoms with Gasteiger partial charge in [0, 0.05) is 13.0 Å². The zero-order valence-corrected chi connectivity index (χ0v) is 15.3. The molecule has 0 bridgehead atoms. The molecule has 1 atom stereocenters. The minimum absolute atomic E-state index is 0.0208. The monoisotopic (exact) mass is 353 g/mol. The molecule has 3 rings (SSSR count). The average molecular weight is 353 g/mol. The lowest BCUT2D eigenvalue weighted by atomic mass is 9.84. The van der Waals surface area contributed by atoms with E-state index in [4.69, 9.17) is 9.47 Å². The van der Waals surface area contributed by atoms with Gasteiger partial charge in [0.05, 0.1) is 24.9 Å². The fourth-order valence-electron chi connectivity index (χ4n) is 3.35. The van der Waals surface area contributed by atoms with E-state index in [2.05, 4.69) is 5.32 Å². The summed E-state index contributed by atoms with van der Waals surface area (Å²) in [4.78, 5) is 12.6.